The third-order valence-corrected chi connectivity index (χ3v) is 7.05. The van der Waals surface area contributed by atoms with Crippen molar-refractivity contribution in [1.82, 2.24) is 9.80 Å². The Morgan fingerprint density at radius 3 is 2.00 bits per heavy atom. The van der Waals surface area contributed by atoms with Gasteiger partial charge in [0.25, 0.3) is 11.8 Å². The fourth-order valence-electron chi connectivity index (χ4n) is 4.87. The molecule has 1 heterocycles. The molecule has 1 saturated heterocycles. The minimum Gasteiger partial charge on any atom is -0.368 e. The third kappa shape index (κ3) is 6.97. The first-order chi connectivity index (χ1) is 20.0. The molecule has 4 aromatic rings. The minimum absolute atomic E-state index is 0.0915. The number of rotatable bonds is 8. The lowest BCUT2D eigenvalue weighted by atomic mass is 10.1. The molecule has 0 bridgehead atoms. The van der Waals surface area contributed by atoms with Crippen LogP contribution in [0, 0.1) is 5.82 Å². The van der Waals surface area contributed by atoms with E-state index in [1.165, 1.54) is 17.0 Å². The van der Waals surface area contributed by atoms with Gasteiger partial charge in [-0.1, -0.05) is 60.7 Å². The van der Waals surface area contributed by atoms with Crippen LogP contribution in [-0.4, -0.2) is 60.2 Å². The van der Waals surface area contributed by atoms with Gasteiger partial charge in [-0.25, -0.2) is 4.39 Å². The molecule has 1 aliphatic heterocycles. The van der Waals surface area contributed by atoms with Gasteiger partial charge in [-0.2, -0.15) is 0 Å². The lowest BCUT2D eigenvalue weighted by molar-refractivity contribution is -0.117. The van der Waals surface area contributed by atoms with Gasteiger partial charge in [0, 0.05) is 49.7 Å². The molecule has 8 heteroatoms. The highest BCUT2D eigenvalue weighted by Crippen LogP contribution is 2.21. The number of hydrogen-bond acceptors (Lipinski definition) is 4. The topological polar surface area (TPSA) is 73.0 Å². The van der Waals surface area contributed by atoms with Crippen LogP contribution < -0.4 is 10.2 Å². The van der Waals surface area contributed by atoms with E-state index in [2.05, 4.69) is 10.2 Å². The van der Waals surface area contributed by atoms with Crippen LogP contribution in [0.15, 0.2) is 109 Å². The van der Waals surface area contributed by atoms with Crippen LogP contribution in [0.2, 0.25) is 0 Å². The average Bonchev–Trinajstić information content (AvgIpc) is 3.02. The fourth-order valence-corrected chi connectivity index (χ4v) is 4.87. The zero-order valence-electron chi connectivity index (χ0n) is 22.6. The Hall–Kier alpha value is -4.98. The molecule has 1 aliphatic rings. The molecule has 1 N–H and O–H groups in total. The van der Waals surface area contributed by atoms with Gasteiger partial charge in [-0.05, 0) is 54.1 Å². The number of nitrogens with one attached hydrogen (secondary N) is 1. The molecule has 0 aromatic heterocycles. The Bertz CT molecular complexity index is 1490. The van der Waals surface area contributed by atoms with Crippen LogP contribution >= 0.6 is 0 Å². The highest BCUT2D eigenvalue weighted by atomic mass is 19.1. The molecule has 0 saturated carbocycles. The lowest BCUT2D eigenvalue weighted by Crippen LogP contribution is -2.49. The summed E-state index contributed by atoms with van der Waals surface area (Å²) in [7, 11) is 0. The van der Waals surface area contributed by atoms with Crippen LogP contribution in [-0.2, 0) is 11.3 Å². The first-order valence-electron chi connectivity index (χ1n) is 13.5. The normalized spacial score (nSPS) is 13.0. The molecule has 0 aliphatic carbocycles. The molecule has 0 unspecified atom stereocenters. The maximum atomic E-state index is 14.0. The number of hydrogen-bond donors (Lipinski definition) is 1. The van der Waals surface area contributed by atoms with Gasteiger partial charge in [-0.15, -0.1) is 0 Å². The zero-order valence-corrected chi connectivity index (χ0v) is 22.6. The number of nitrogens with zero attached hydrogens (tertiary/aromatic N) is 3. The summed E-state index contributed by atoms with van der Waals surface area (Å²) in [5, 5.41) is 2.90. The van der Waals surface area contributed by atoms with E-state index in [-0.39, 0.29) is 29.8 Å². The van der Waals surface area contributed by atoms with E-state index in [9.17, 15) is 18.8 Å². The molecule has 41 heavy (non-hydrogen) atoms. The highest BCUT2D eigenvalue weighted by Gasteiger charge is 2.24. The Balaban J connectivity index is 1.18. The molecular weight excluding hydrogens is 519 g/mol. The van der Waals surface area contributed by atoms with Gasteiger partial charge in [0.1, 0.15) is 12.4 Å². The quantitative estimate of drug-likeness (QED) is 0.333. The number of carbonyl (C=O) groups is 3. The van der Waals surface area contributed by atoms with Crippen molar-refractivity contribution in [1.29, 1.82) is 0 Å². The van der Waals surface area contributed by atoms with E-state index in [4.69, 9.17) is 0 Å². The van der Waals surface area contributed by atoms with Gasteiger partial charge in [0.15, 0.2) is 0 Å². The summed E-state index contributed by atoms with van der Waals surface area (Å²) in [5.74, 6) is -1.32. The lowest BCUT2D eigenvalue weighted by Gasteiger charge is -2.36. The summed E-state index contributed by atoms with van der Waals surface area (Å²) in [6, 6.07) is 32.0. The van der Waals surface area contributed by atoms with Gasteiger partial charge in [0.2, 0.25) is 5.91 Å². The van der Waals surface area contributed by atoms with Crippen LogP contribution in [0.5, 0.6) is 0 Å². The predicted molar refractivity (Wildman–Crippen MR) is 157 cm³/mol. The van der Waals surface area contributed by atoms with E-state index >= 15 is 0 Å². The number of piperazine rings is 1. The number of amides is 3. The van der Waals surface area contributed by atoms with Crippen molar-refractivity contribution in [2.24, 2.45) is 0 Å². The maximum Gasteiger partial charge on any atom is 0.256 e. The Kier molecular flexibility index (Phi) is 8.69. The van der Waals surface area contributed by atoms with Crippen LogP contribution in [0.25, 0.3) is 0 Å². The second-order valence-electron chi connectivity index (χ2n) is 9.87. The van der Waals surface area contributed by atoms with Crippen molar-refractivity contribution >= 4 is 29.1 Å². The summed E-state index contributed by atoms with van der Waals surface area (Å²) >= 11 is 0. The van der Waals surface area contributed by atoms with Crippen molar-refractivity contribution in [2.75, 3.05) is 42.9 Å². The first kappa shape index (κ1) is 27.6. The number of carbonyl (C=O) groups excluding carboxylic acids is 3. The second kappa shape index (κ2) is 12.9. The number of anilines is 2. The zero-order chi connectivity index (χ0) is 28.6. The predicted octanol–water partition coefficient (Wildman–Crippen LogP) is 5.07. The standard InChI is InChI=1S/C33H31FN4O3/c34-30-14-8-7-13-29(30)33(41)37-21-19-36(20-22-37)28-17-15-27(16-18-28)35-31(39)24-38(23-25-9-3-1-4-10-25)32(40)26-11-5-2-6-12-26/h1-18H,19-24H2,(H,35,39). The van der Waals surface area contributed by atoms with Gasteiger partial charge >= 0.3 is 0 Å². The molecule has 3 amide bonds. The molecule has 7 nitrogen and oxygen atoms in total. The second-order valence-corrected chi connectivity index (χ2v) is 9.87. The van der Waals surface area contributed by atoms with Crippen molar-refractivity contribution in [3.05, 3.63) is 132 Å². The molecule has 4 aromatic carbocycles. The van der Waals surface area contributed by atoms with E-state index in [1.54, 1.807) is 41.3 Å². The smallest absolute Gasteiger partial charge is 0.256 e. The van der Waals surface area contributed by atoms with Crippen LogP contribution in [0.4, 0.5) is 15.8 Å². The monoisotopic (exact) mass is 550 g/mol. The maximum absolute atomic E-state index is 14.0. The molecular formula is C33H31FN4O3. The van der Waals surface area contributed by atoms with Gasteiger partial charge in [0.05, 0.1) is 5.56 Å². The fraction of sp³-hybridized carbons (Fsp3) is 0.182. The summed E-state index contributed by atoms with van der Waals surface area (Å²) < 4.78 is 14.0. The van der Waals surface area contributed by atoms with Crippen molar-refractivity contribution in [3.63, 3.8) is 0 Å². The van der Waals surface area contributed by atoms with Gasteiger partial charge < -0.3 is 20.0 Å². The molecule has 0 radical (unpaired) electrons. The Labute approximate surface area is 238 Å². The van der Waals surface area contributed by atoms with Crippen LogP contribution in [0.3, 0.4) is 0 Å². The minimum atomic E-state index is -0.509. The van der Waals surface area contributed by atoms with E-state index in [0.717, 1.165) is 11.3 Å². The van der Waals surface area contributed by atoms with E-state index < -0.39 is 5.82 Å². The average molecular weight is 551 g/mol. The molecule has 5 rings (SSSR count). The molecule has 0 spiro atoms. The van der Waals surface area contributed by atoms with Crippen molar-refractivity contribution in [2.45, 2.75) is 6.54 Å². The number of halogens is 1. The summed E-state index contributed by atoms with van der Waals surface area (Å²) in [5.41, 5.74) is 3.14. The Morgan fingerprint density at radius 1 is 0.732 bits per heavy atom. The van der Waals surface area contributed by atoms with Crippen molar-refractivity contribution < 1.29 is 18.8 Å². The summed E-state index contributed by atoms with van der Waals surface area (Å²) in [6.07, 6.45) is 0. The summed E-state index contributed by atoms with van der Waals surface area (Å²) in [4.78, 5) is 44.3. The first-order valence-corrected chi connectivity index (χ1v) is 13.5. The highest BCUT2D eigenvalue weighted by molar-refractivity contribution is 5.99. The Morgan fingerprint density at radius 2 is 1.34 bits per heavy atom. The van der Waals surface area contributed by atoms with E-state index in [1.807, 2.05) is 60.7 Å². The van der Waals surface area contributed by atoms with E-state index in [0.29, 0.717) is 44.0 Å². The van der Waals surface area contributed by atoms with Crippen molar-refractivity contribution in [3.8, 4) is 0 Å². The molecule has 208 valence electrons. The third-order valence-electron chi connectivity index (χ3n) is 7.05. The molecule has 1 fully saturated rings. The number of benzene rings is 4. The summed E-state index contributed by atoms with van der Waals surface area (Å²) in [6.45, 7) is 2.41. The largest absolute Gasteiger partial charge is 0.368 e. The van der Waals surface area contributed by atoms with Gasteiger partial charge in [-0.3, -0.25) is 14.4 Å². The van der Waals surface area contributed by atoms with Crippen LogP contribution in [0.1, 0.15) is 26.3 Å². The molecule has 0 atom stereocenters. The SMILES string of the molecule is O=C(CN(Cc1ccccc1)C(=O)c1ccccc1)Nc1ccc(N2CCN(C(=O)c3ccccc3F)CC2)cc1.